The molecule has 1 aliphatic heterocycles. The number of anilines is 1. The zero-order valence-electron chi connectivity index (χ0n) is 11.4. The van der Waals surface area contributed by atoms with E-state index in [4.69, 9.17) is 9.84 Å². The van der Waals surface area contributed by atoms with E-state index in [9.17, 15) is 4.79 Å². The monoisotopic (exact) mass is 294 g/mol. The van der Waals surface area contributed by atoms with Gasteiger partial charge in [-0.05, 0) is 12.8 Å². The van der Waals surface area contributed by atoms with E-state index in [1.165, 1.54) is 11.3 Å². The number of nitrogens with one attached hydrogen (secondary N) is 1. The van der Waals surface area contributed by atoms with Crippen LogP contribution in [0.2, 0.25) is 0 Å². The molecule has 1 saturated heterocycles. The van der Waals surface area contributed by atoms with E-state index < -0.39 is 0 Å². The van der Waals surface area contributed by atoms with Crippen LogP contribution in [0.5, 0.6) is 0 Å². The van der Waals surface area contributed by atoms with Gasteiger partial charge >= 0.3 is 0 Å². The van der Waals surface area contributed by atoms with E-state index in [-0.39, 0.29) is 24.5 Å². The molecule has 0 spiro atoms. The normalized spacial score (nSPS) is 21.3. The number of aliphatic hydroxyl groups is 1. The number of ether oxygens (including phenoxy) is 1. The Morgan fingerprint density at radius 1 is 1.70 bits per heavy atom. The highest BCUT2D eigenvalue weighted by molar-refractivity contribution is 7.16. The van der Waals surface area contributed by atoms with Gasteiger partial charge in [0.1, 0.15) is 0 Å². The van der Waals surface area contributed by atoms with Crippen molar-refractivity contribution in [3.63, 3.8) is 0 Å². The first kappa shape index (κ1) is 15.0. The second-order valence-corrected chi connectivity index (χ2v) is 5.54. The fourth-order valence-electron chi connectivity index (χ4n) is 2.14. The molecule has 0 aromatic carbocycles. The van der Waals surface area contributed by atoms with Crippen molar-refractivity contribution in [2.45, 2.75) is 32.3 Å². The third-order valence-corrected chi connectivity index (χ3v) is 3.96. The first-order valence-electron chi connectivity index (χ1n) is 6.72. The summed E-state index contributed by atoms with van der Waals surface area (Å²) in [6.45, 7) is 2.72. The Morgan fingerprint density at radius 3 is 3.30 bits per heavy atom. The first-order valence-corrected chi connectivity index (χ1v) is 7.54. The van der Waals surface area contributed by atoms with E-state index in [1.54, 1.807) is 6.20 Å². The molecule has 0 saturated carbocycles. The first-order chi connectivity index (χ1) is 9.74. The SMILES string of the molecule is CCC1OCCC1C(=O)Nc1ncc(C#CCCO)s1. The maximum atomic E-state index is 12.2. The number of hydrogen-bond acceptors (Lipinski definition) is 5. The average molecular weight is 294 g/mol. The lowest BCUT2D eigenvalue weighted by atomic mass is 9.99. The quantitative estimate of drug-likeness (QED) is 0.828. The average Bonchev–Trinajstić information content (AvgIpc) is 3.07. The summed E-state index contributed by atoms with van der Waals surface area (Å²) in [7, 11) is 0. The number of rotatable bonds is 4. The van der Waals surface area contributed by atoms with Crippen LogP contribution in [0.1, 0.15) is 31.1 Å². The molecule has 0 aliphatic carbocycles. The molecule has 1 amide bonds. The fourth-order valence-corrected chi connectivity index (χ4v) is 2.84. The zero-order valence-corrected chi connectivity index (χ0v) is 12.2. The van der Waals surface area contributed by atoms with Gasteiger partial charge in [-0.25, -0.2) is 4.98 Å². The Morgan fingerprint density at radius 2 is 2.55 bits per heavy atom. The van der Waals surface area contributed by atoms with Crippen LogP contribution in [0.4, 0.5) is 5.13 Å². The number of hydrogen-bond donors (Lipinski definition) is 2. The summed E-state index contributed by atoms with van der Waals surface area (Å²) in [5.41, 5.74) is 0. The van der Waals surface area contributed by atoms with Gasteiger partial charge in [0.25, 0.3) is 0 Å². The summed E-state index contributed by atoms with van der Waals surface area (Å²) in [5, 5.41) is 12.0. The Bertz CT molecular complexity index is 518. The molecule has 2 unspecified atom stereocenters. The summed E-state index contributed by atoms with van der Waals surface area (Å²) in [6, 6.07) is 0. The number of thiazole rings is 1. The lowest BCUT2D eigenvalue weighted by Crippen LogP contribution is -2.29. The van der Waals surface area contributed by atoms with Crippen LogP contribution in [-0.4, -0.2) is 35.3 Å². The molecule has 2 rings (SSSR count). The number of aliphatic hydroxyl groups excluding tert-OH is 1. The van der Waals surface area contributed by atoms with Gasteiger partial charge in [-0.15, -0.1) is 0 Å². The Balaban J connectivity index is 1.93. The van der Waals surface area contributed by atoms with Crippen LogP contribution >= 0.6 is 11.3 Å². The highest BCUT2D eigenvalue weighted by atomic mass is 32.1. The molecule has 1 aliphatic rings. The predicted molar refractivity (Wildman–Crippen MR) is 77.5 cm³/mol. The van der Waals surface area contributed by atoms with Crippen LogP contribution in [0.15, 0.2) is 6.20 Å². The van der Waals surface area contributed by atoms with Crippen molar-refractivity contribution in [3.8, 4) is 11.8 Å². The molecule has 108 valence electrons. The second kappa shape index (κ2) is 7.39. The van der Waals surface area contributed by atoms with Crippen molar-refractivity contribution >= 4 is 22.4 Å². The highest BCUT2D eigenvalue weighted by Gasteiger charge is 2.33. The minimum absolute atomic E-state index is 0.0128. The van der Waals surface area contributed by atoms with Crippen molar-refractivity contribution in [1.82, 2.24) is 4.98 Å². The maximum absolute atomic E-state index is 12.2. The van der Waals surface area contributed by atoms with Crippen LogP contribution in [0.25, 0.3) is 0 Å². The van der Waals surface area contributed by atoms with Crippen molar-refractivity contribution < 1.29 is 14.6 Å². The number of carbonyl (C=O) groups is 1. The zero-order chi connectivity index (χ0) is 14.4. The van der Waals surface area contributed by atoms with Crippen molar-refractivity contribution in [2.24, 2.45) is 5.92 Å². The largest absolute Gasteiger partial charge is 0.395 e. The minimum atomic E-state index is -0.0900. The molecule has 0 bridgehead atoms. The van der Waals surface area contributed by atoms with Crippen LogP contribution in [0, 0.1) is 17.8 Å². The summed E-state index contributed by atoms with van der Waals surface area (Å²) >= 11 is 1.34. The van der Waals surface area contributed by atoms with Crippen LogP contribution in [-0.2, 0) is 9.53 Å². The third kappa shape index (κ3) is 3.79. The number of nitrogens with zero attached hydrogens (tertiary/aromatic N) is 1. The van der Waals surface area contributed by atoms with E-state index in [0.29, 0.717) is 18.2 Å². The number of carbonyl (C=O) groups excluding carboxylic acids is 1. The van der Waals surface area contributed by atoms with Gasteiger partial charge in [0.2, 0.25) is 5.91 Å². The standard InChI is InChI=1S/C14H18N2O3S/c1-2-12-11(6-8-19-12)13(18)16-14-15-9-10(20-14)5-3-4-7-17/h9,11-12,17H,2,4,6-8H2,1H3,(H,15,16,18). The molecule has 6 heteroatoms. The third-order valence-electron chi connectivity index (χ3n) is 3.13. The molecule has 2 atom stereocenters. The summed E-state index contributed by atoms with van der Waals surface area (Å²) in [4.78, 5) is 17.1. The van der Waals surface area contributed by atoms with E-state index in [0.717, 1.165) is 17.7 Å². The van der Waals surface area contributed by atoms with Gasteiger partial charge in [0, 0.05) is 13.0 Å². The van der Waals surface area contributed by atoms with Crippen LogP contribution < -0.4 is 5.32 Å². The Labute approximate surface area is 122 Å². The Kier molecular flexibility index (Phi) is 5.53. The number of aromatic nitrogens is 1. The van der Waals surface area contributed by atoms with Gasteiger partial charge in [0.15, 0.2) is 5.13 Å². The molecular weight excluding hydrogens is 276 g/mol. The molecule has 2 N–H and O–H groups in total. The summed E-state index contributed by atoms with van der Waals surface area (Å²) in [5.74, 6) is 5.61. The molecule has 2 heterocycles. The molecule has 1 fully saturated rings. The van der Waals surface area contributed by atoms with E-state index in [2.05, 4.69) is 22.1 Å². The predicted octanol–water partition coefficient (Wildman–Crippen LogP) is 1.63. The van der Waals surface area contributed by atoms with Gasteiger partial charge in [-0.3, -0.25) is 4.79 Å². The smallest absolute Gasteiger partial charge is 0.231 e. The summed E-state index contributed by atoms with van der Waals surface area (Å²) < 4.78 is 5.52. The Hall–Kier alpha value is -1.42. The molecule has 1 aromatic rings. The van der Waals surface area contributed by atoms with E-state index in [1.807, 2.05) is 6.92 Å². The van der Waals surface area contributed by atoms with Gasteiger partial charge < -0.3 is 15.2 Å². The lowest BCUT2D eigenvalue weighted by molar-refractivity contribution is -0.121. The molecule has 1 aromatic heterocycles. The summed E-state index contributed by atoms with van der Waals surface area (Å²) in [6.07, 6.45) is 3.69. The number of amides is 1. The van der Waals surface area contributed by atoms with Gasteiger partial charge in [0.05, 0.1) is 29.7 Å². The second-order valence-electron chi connectivity index (χ2n) is 4.51. The maximum Gasteiger partial charge on any atom is 0.231 e. The molecular formula is C14H18N2O3S. The molecule has 20 heavy (non-hydrogen) atoms. The highest BCUT2D eigenvalue weighted by Crippen LogP contribution is 2.26. The molecule has 5 nitrogen and oxygen atoms in total. The topological polar surface area (TPSA) is 71.5 Å². The van der Waals surface area contributed by atoms with Crippen molar-refractivity contribution in [1.29, 1.82) is 0 Å². The van der Waals surface area contributed by atoms with Crippen LogP contribution in [0.3, 0.4) is 0 Å². The van der Waals surface area contributed by atoms with E-state index >= 15 is 0 Å². The fraction of sp³-hybridized carbons (Fsp3) is 0.571. The van der Waals surface area contributed by atoms with Gasteiger partial charge in [-0.2, -0.15) is 0 Å². The minimum Gasteiger partial charge on any atom is -0.395 e. The molecule has 0 radical (unpaired) electrons. The van der Waals surface area contributed by atoms with Crippen molar-refractivity contribution in [2.75, 3.05) is 18.5 Å². The van der Waals surface area contributed by atoms with Crippen molar-refractivity contribution in [3.05, 3.63) is 11.1 Å². The lowest BCUT2D eigenvalue weighted by Gasteiger charge is -2.15. The van der Waals surface area contributed by atoms with Gasteiger partial charge in [-0.1, -0.05) is 30.1 Å².